The molecule has 1 N–H and O–H groups in total. The number of H-pyrrole nitrogens is 1. The van der Waals surface area contributed by atoms with Crippen LogP contribution in [0.1, 0.15) is 47.4 Å². The van der Waals surface area contributed by atoms with Gasteiger partial charge in [-0.25, -0.2) is 18.6 Å². The number of hydrogen-bond donors (Lipinski definition) is 1. The van der Waals surface area contributed by atoms with Crippen molar-refractivity contribution in [1.82, 2.24) is 14.9 Å². The molecular formula is C22H28BrF2N3O2. The van der Waals surface area contributed by atoms with Gasteiger partial charge in [-0.2, -0.15) is 0 Å². The summed E-state index contributed by atoms with van der Waals surface area (Å²) in [5, 5.41) is 1.94. The summed E-state index contributed by atoms with van der Waals surface area (Å²) in [7, 11) is 0. The van der Waals surface area contributed by atoms with Crippen LogP contribution < -0.4 is 0 Å². The van der Waals surface area contributed by atoms with Crippen molar-refractivity contribution in [3.05, 3.63) is 40.6 Å². The number of ether oxygens (including phenoxy) is 1. The van der Waals surface area contributed by atoms with Crippen molar-refractivity contribution in [3.8, 4) is 0 Å². The smallest absolute Gasteiger partial charge is 0.410 e. The number of aromatic amines is 1. The molecule has 1 heterocycles. The number of nitrogens with one attached hydrogen (secondary N) is 1. The van der Waals surface area contributed by atoms with E-state index in [4.69, 9.17) is 4.74 Å². The Bertz CT molecular complexity index is 1020. The molecule has 8 heteroatoms. The molecule has 0 unspecified atom stereocenters. The summed E-state index contributed by atoms with van der Waals surface area (Å²) in [4.78, 5) is 21.1. The molecule has 30 heavy (non-hydrogen) atoms. The van der Waals surface area contributed by atoms with E-state index in [1.807, 2.05) is 44.2 Å². The normalized spacial score (nSPS) is 11.9. The third-order valence-electron chi connectivity index (χ3n) is 3.94. The van der Waals surface area contributed by atoms with Crippen LogP contribution in [-0.4, -0.2) is 39.0 Å². The molecule has 1 aromatic heterocycles. The first kappa shape index (κ1) is 24.1. The molecule has 3 aromatic rings. The van der Waals surface area contributed by atoms with Gasteiger partial charge in [-0.1, -0.05) is 41.9 Å². The zero-order chi connectivity index (χ0) is 22.7. The molecule has 5 nitrogen and oxygen atoms in total. The molecule has 0 saturated carbocycles. The van der Waals surface area contributed by atoms with Crippen LogP contribution in [0.5, 0.6) is 0 Å². The van der Waals surface area contributed by atoms with Crippen LogP contribution in [0.15, 0.2) is 34.8 Å². The Morgan fingerprint density at radius 1 is 1.17 bits per heavy atom. The van der Waals surface area contributed by atoms with E-state index in [1.54, 1.807) is 20.8 Å². The van der Waals surface area contributed by atoms with Crippen LogP contribution in [0.3, 0.4) is 0 Å². The van der Waals surface area contributed by atoms with Crippen LogP contribution in [0.25, 0.3) is 21.8 Å². The fourth-order valence-corrected chi connectivity index (χ4v) is 3.31. The van der Waals surface area contributed by atoms with E-state index in [2.05, 4.69) is 25.9 Å². The lowest BCUT2D eigenvalue weighted by Gasteiger charge is -2.28. The Balaban J connectivity index is 0.00000155. The van der Waals surface area contributed by atoms with Crippen LogP contribution in [0.2, 0.25) is 0 Å². The van der Waals surface area contributed by atoms with Crippen LogP contribution in [-0.2, 0) is 11.3 Å². The number of imidazole rings is 1. The summed E-state index contributed by atoms with van der Waals surface area (Å²) < 4.78 is 33.5. The quantitative estimate of drug-likeness (QED) is 0.439. The number of benzene rings is 2. The van der Waals surface area contributed by atoms with E-state index >= 15 is 0 Å². The van der Waals surface area contributed by atoms with Crippen molar-refractivity contribution in [2.75, 3.05) is 6.54 Å². The van der Waals surface area contributed by atoms with Gasteiger partial charge in [-0.05, 0) is 44.4 Å². The highest BCUT2D eigenvalue weighted by Gasteiger charge is 2.31. The number of amides is 1. The molecule has 0 aliphatic carbocycles. The molecule has 0 aliphatic rings. The fraction of sp³-hybridized carbons (Fsp3) is 0.455. The van der Waals surface area contributed by atoms with Gasteiger partial charge in [0.1, 0.15) is 11.4 Å². The minimum absolute atomic E-state index is 0.106. The second kappa shape index (κ2) is 9.29. The lowest BCUT2D eigenvalue weighted by atomic mass is 10.1. The van der Waals surface area contributed by atoms with Gasteiger partial charge in [0.2, 0.25) is 0 Å². The Kier molecular flexibility index (Phi) is 7.45. The van der Waals surface area contributed by atoms with Crippen molar-refractivity contribution in [1.29, 1.82) is 0 Å². The van der Waals surface area contributed by atoms with Gasteiger partial charge in [0, 0.05) is 16.8 Å². The lowest BCUT2D eigenvalue weighted by Crippen LogP contribution is -2.42. The van der Waals surface area contributed by atoms with Gasteiger partial charge < -0.3 is 9.72 Å². The average molecular weight is 484 g/mol. The number of aromatic nitrogens is 2. The Hall–Kier alpha value is -2.22. The Morgan fingerprint density at radius 3 is 2.43 bits per heavy atom. The Morgan fingerprint density at radius 2 is 1.83 bits per heavy atom. The number of nitrogens with zero attached hydrogens (tertiary/aromatic N) is 2. The van der Waals surface area contributed by atoms with Gasteiger partial charge in [0.05, 0.1) is 24.1 Å². The summed E-state index contributed by atoms with van der Waals surface area (Å²) in [6.07, 6.45) is -0.803. The van der Waals surface area contributed by atoms with E-state index in [0.29, 0.717) is 5.82 Å². The number of fused-ring (bicyclic) bond motifs is 3. The zero-order valence-corrected chi connectivity index (χ0v) is 19.7. The highest BCUT2D eigenvalue weighted by Crippen LogP contribution is 2.27. The summed E-state index contributed by atoms with van der Waals surface area (Å²) in [5.41, 5.74) is 0.722. The van der Waals surface area contributed by atoms with Gasteiger partial charge in [0.25, 0.3) is 5.92 Å². The maximum atomic E-state index is 13.6. The molecule has 0 radical (unpaired) electrons. The number of alkyl halides is 2. The first-order valence-electron chi connectivity index (χ1n) is 9.84. The molecule has 3 rings (SSSR count). The van der Waals surface area contributed by atoms with Crippen molar-refractivity contribution in [2.45, 2.75) is 59.6 Å². The van der Waals surface area contributed by atoms with Crippen molar-refractivity contribution < 1.29 is 18.3 Å². The molecule has 0 bridgehead atoms. The predicted molar refractivity (Wildman–Crippen MR) is 120 cm³/mol. The maximum Gasteiger partial charge on any atom is 0.410 e. The fourth-order valence-electron chi connectivity index (χ4n) is 2.93. The van der Waals surface area contributed by atoms with Crippen molar-refractivity contribution >= 4 is 43.8 Å². The van der Waals surface area contributed by atoms with E-state index < -0.39 is 24.2 Å². The van der Waals surface area contributed by atoms with Crippen LogP contribution in [0.4, 0.5) is 13.6 Å². The minimum atomic E-state index is -3.05. The topological polar surface area (TPSA) is 58.2 Å². The van der Waals surface area contributed by atoms with Gasteiger partial charge in [-0.15, -0.1) is 0 Å². The molecular weight excluding hydrogens is 456 g/mol. The number of carbonyl (C=O) groups excluding carboxylic acids is 1. The number of hydrogen-bond acceptors (Lipinski definition) is 3. The largest absolute Gasteiger partial charge is 0.444 e. The molecule has 2 aromatic carbocycles. The summed E-state index contributed by atoms with van der Waals surface area (Å²) >= 11 is 3.44. The molecule has 1 amide bonds. The monoisotopic (exact) mass is 483 g/mol. The standard InChI is InChI=1S/C20H22BrF2N3O2.C2H6/c1-19(2,3)28-18(27)26(11-20(4,22)23)10-16-24-15-8-5-12-9-13(21)6-7-14(12)17(15)25-16;1-2/h5-9H,10-11H2,1-4H3,(H,24,25);1-2H3. The minimum Gasteiger partial charge on any atom is -0.444 e. The summed E-state index contributed by atoms with van der Waals surface area (Å²) in [6, 6.07) is 9.68. The van der Waals surface area contributed by atoms with Crippen molar-refractivity contribution in [2.24, 2.45) is 0 Å². The van der Waals surface area contributed by atoms with E-state index in [-0.39, 0.29) is 6.54 Å². The molecule has 0 atom stereocenters. The van der Waals surface area contributed by atoms with Gasteiger partial charge in [0.15, 0.2) is 0 Å². The predicted octanol–water partition coefficient (Wildman–Crippen LogP) is 6.90. The van der Waals surface area contributed by atoms with E-state index in [0.717, 1.165) is 38.1 Å². The molecule has 0 saturated heterocycles. The molecule has 0 fully saturated rings. The molecule has 164 valence electrons. The summed E-state index contributed by atoms with van der Waals surface area (Å²) in [6.45, 7) is 8.99. The summed E-state index contributed by atoms with van der Waals surface area (Å²) in [5.74, 6) is -2.64. The highest BCUT2D eigenvalue weighted by molar-refractivity contribution is 9.10. The SMILES string of the molecule is CC.CC(F)(F)CN(Cc1nc2c(ccc3cc(Br)ccc32)[nH]1)C(=O)OC(C)(C)C. The van der Waals surface area contributed by atoms with E-state index in [1.165, 1.54) is 0 Å². The van der Waals surface area contributed by atoms with Gasteiger partial charge >= 0.3 is 6.09 Å². The van der Waals surface area contributed by atoms with E-state index in [9.17, 15) is 13.6 Å². The molecule has 0 aliphatic heterocycles. The second-order valence-electron chi connectivity index (χ2n) is 7.92. The number of halogens is 3. The van der Waals surface area contributed by atoms with Crippen LogP contribution in [0, 0.1) is 0 Å². The first-order chi connectivity index (χ1) is 13.9. The zero-order valence-electron chi connectivity index (χ0n) is 18.1. The lowest BCUT2D eigenvalue weighted by molar-refractivity contribution is -0.0324. The van der Waals surface area contributed by atoms with Crippen LogP contribution >= 0.6 is 15.9 Å². The third kappa shape index (κ3) is 6.39. The highest BCUT2D eigenvalue weighted by atomic mass is 79.9. The number of carbonyl (C=O) groups is 1. The Labute approximate surface area is 183 Å². The van der Waals surface area contributed by atoms with Gasteiger partial charge in [-0.3, -0.25) is 4.90 Å². The first-order valence-corrected chi connectivity index (χ1v) is 10.6. The molecule has 0 spiro atoms. The third-order valence-corrected chi connectivity index (χ3v) is 4.43. The maximum absolute atomic E-state index is 13.6. The average Bonchev–Trinajstić information content (AvgIpc) is 3.03. The second-order valence-corrected chi connectivity index (χ2v) is 8.83. The van der Waals surface area contributed by atoms with Crippen molar-refractivity contribution in [3.63, 3.8) is 0 Å². The number of rotatable bonds is 4.